The first-order valence-electron chi connectivity index (χ1n) is 8.29. The van der Waals surface area contributed by atoms with Crippen molar-refractivity contribution < 1.29 is 27.2 Å². The Hall–Kier alpha value is -3.36. The number of amides is 1. The number of carbonyl (C=O) groups excluding carboxylic acids is 1. The normalized spacial score (nSPS) is 11.3. The topological polar surface area (TPSA) is 77.2 Å². The molecule has 146 valence electrons. The summed E-state index contributed by atoms with van der Waals surface area (Å²) in [7, 11) is 1.55. The first-order chi connectivity index (χ1) is 13.3. The molecule has 0 aliphatic rings. The van der Waals surface area contributed by atoms with Gasteiger partial charge in [-0.25, -0.2) is 0 Å². The monoisotopic (exact) mass is 391 g/mol. The number of hydrogen-bond acceptors (Lipinski definition) is 5. The van der Waals surface area contributed by atoms with E-state index in [1.807, 2.05) is 0 Å². The highest BCUT2D eigenvalue weighted by Crippen LogP contribution is 2.29. The number of methoxy groups -OCH3 is 1. The van der Waals surface area contributed by atoms with Gasteiger partial charge in [0.2, 0.25) is 17.6 Å². The lowest BCUT2D eigenvalue weighted by atomic mass is 10.2. The van der Waals surface area contributed by atoms with Crippen LogP contribution in [0.1, 0.15) is 17.9 Å². The van der Waals surface area contributed by atoms with Crippen molar-refractivity contribution in [2.75, 3.05) is 12.4 Å². The summed E-state index contributed by atoms with van der Waals surface area (Å²) in [5.74, 6) is 0.929. The van der Waals surface area contributed by atoms with Gasteiger partial charge in [-0.15, -0.1) is 0 Å². The molecule has 6 nitrogen and oxygen atoms in total. The van der Waals surface area contributed by atoms with Gasteiger partial charge in [0.25, 0.3) is 0 Å². The van der Waals surface area contributed by atoms with Gasteiger partial charge in [0.05, 0.1) is 12.7 Å². The van der Waals surface area contributed by atoms with Gasteiger partial charge >= 0.3 is 6.18 Å². The maximum absolute atomic E-state index is 12.5. The Balaban J connectivity index is 1.56. The molecule has 0 bridgehead atoms. The average Bonchev–Trinajstić information content (AvgIpc) is 3.15. The second-order valence-electron chi connectivity index (χ2n) is 5.87. The Morgan fingerprint density at radius 1 is 1.18 bits per heavy atom. The summed E-state index contributed by atoms with van der Waals surface area (Å²) in [6.45, 7) is 0. The van der Waals surface area contributed by atoms with Gasteiger partial charge in [0, 0.05) is 24.1 Å². The fourth-order valence-electron chi connectivity index (χ4n) is 2.42. The summed E-state index contributed by atoms with van der Waals surface area (Å²) < 4.78 is 47.9. The van der Waals surface area contributed by atoms with Crippen LogP contribution in [-0.2, 0) is 17.4 Å². The molecule has 1 heterocycles. The van der Waals surface area contributed by atoms with Crippen molar-refractivity contribution >= 4 is 11.6 Å². The van der Waals surface area contributed by atoms with Crippen molar-refractivity contribution in [1.29, 1.82) is 0 Å². The molecule has 0 saturated heterocycles. The van der Waals surface area contributed by atoms with E-state index in [1.165, 1.54) is 12.1 Å². The van der Waals surface area contributed by atoms with E-state index in [0.717, 1.165) is 12.1 Å². The minimum atomic E-state index is -4.42. The molecule has 1 aromatic heterocycles. The molecule has 3 rings (SSSR count). The number of rotatable bonds is 6. The highest BCUT2D eigenvalue weighted by Gasteiger charge is 2.29. The molecule has 0 fully saturated rings. The molecular weight excluding hydrogens is 375 g/mol. The zero-order valence-corrected chi connectivity index (χ0v) is 14.8. The maximum atomic E-state index is 12.5. The van der Waals surface area contributed by atoms with Crippen LogP contribution in [0.3, 0.4) is 0 Å². The van der Waals surface area contributed by atoms with E-state index in [2.05, 4.69) is 15.5 Å². The third-order valence-corrected chi connectivity index (χ3v) is 3.86. The Morgan fingerprint density at radius 3 is 2.61 bits per heavy atom. The number of aromatic nitrogens is 2. The van der Waals surface area contributed by atoms with Crippen LogP contribution in [0, 0.1) is 0 Å². The predicted molar refractivity (Wildman–Crippen MR) is 94.7 cm³/mol. The molecule has 0 atom stereocenters. The molecule has 2 aromatic carbocycles. The predicted octanol–water partition coefficient (Wildman–Crippen LogP) is 4.34. The first-order valence-corrected chi connectivity index (χ1v) is 8.29. The molecule has 1 N–H and O–H groups in total. The van der Waals surface area contributed by atoms with E-state index in [0.29, 0.717) is 17.1 Å². The molecule has 0 unspecified atom stereocenters. The SMILES string of the molecule is COc1cccc(-c2noc(CCC(=O)Nc3ccc(C(F)(F)F)cc3)n2)c1. The summed E-state index contributed by atoms with van der Waals surface area (Å²) >= 11 is 0. The summed E-state index contributed by atoms with van der Waals surface area (Å²) in [6.07, 6.45) is -4.18. The van der Waals surface area contributed by atoms with E-state index in [9.17, 15) is 18.0 Å². The van der Waals surface area contributed by atoms with Gasteiger partial charge in [0.15, 0.2) is 0 Å². The lowest BCUT2D eigenvalue weighted by Crippen LogP contribution is -2.13. The van der Waals surface area contributed by atoms with Gasteiger partial charge in [-0.2, -0.15) is 18.2 Å². The average molecular weight is 391 g/mol. The van der Waals surface area contributed by atoms with Crippen LogP contribution >= 0.6 is 0 Å². The Bertz CT molecular complexity index is 953. The number of hydrogen-bond donors (Lipinski definition) is 1. The minimum Gasteiger partial charge on any atom is -0.497 e. The minimum absolute atomic E-state index is 0.0424. The van der Waals surface area contributed by atoms with Crippen molar-refractivity contribution in [3.05, 3.63) is 60.0 Å². The number of halogens is 3. The standard InChI is InChI=1S/C19H16F3N3O3/c1-27-15-4-2-3-12(11-15)18-24-17(28-25-18)10-9-16(26)23-14-7-5-13(6-8-14)19(20,21)22/h2-8,11H,9-10H2,1H3,(H,23,26). The number of nitrogens with one attached hydrogen (secondary N) is 1. The van der Waals surface area contributed by atoms with Crippen LogP contribution in [0.4, 0.5) is 18.9 Å². The molecular formula is C19H16F3N3O3. The van der Waals surface area contributed by atoms with Gasteiger partial charge in [-0.3, -0.25) is 4.79 Å². The molecule has 0 aliphatic carbocycles. The fraction of sp³-hybridized carbons (Fsp3) is 0.211. The van der Waals surface area contributed by atoms with Crippen LogP contribution in [-0.4, -0.2) is 23.2 Å². The Kier molecular flexibility index (Phi) is 5.62. The highest BCUT2D eigenvalue weighted by molar-refractivity contribution is 5.90. The van der Waals surface area contributed by atoms with Gasteiger partial charge in [-0.05, 0) is 36.4 Å². The number of benzene rings is 2. The Morgan fingerprint density at radius 2 is 1.93 bits per heavy atom. The molecule has 3 aromatic rings. The smallest absolute Gasteiger partial charge is 0.416 e. The molecule has 0 aliphatic heterocycles. The molecule has 0 radical (unpaired) electrons. The summed E-state index contributed by atoms with van der Waals surface area (Å²) in [5, 5.41) is 6.41. The molecule has 28 heavy (non-hydrogen) atoms. The van der Waals surface area contributed by atoms with Crippen molar-refractivity contribution in [2.45, 2.75) is 19.0 Å². The second kappa shape index (κ2) is 8.12. The number of nitrogens with zero attached hydrogens (tertiary/aromatic N) is 2. The molecule has 0 saturated carbocycles. The first kappa shape index (κ1) is 19.4. The summed E-state index contributed by atoms with van der Waals surface area (Å²) in [6, 6.07) is 11.4. The van der Waals surface area contributed by atoms with Crippen molar-refractivity contribution in [2.24, 2.45) is 0 Å². The van der Waals surface area contributed by atoms with Crippen molar-refractivity contribution in [3.63, 3.8) is 0 Å². The van der Waals surface area contributed by atoms with E-state index in [4.69, 9.17) is 9.26 Å². The summed E-state index contributed by atoms with van der Waals surface area (Å²) in [4.78, 5) is 16.2. The summed E-state index contributed by atoms with van der Waals surface area (Å²) in [5.41, 5.74) is 0.214. The van der Waals surface area contributed by atoms with E-state index in [-0.39, 0.29) is 30.3 Å². The molecule has 0 spiro atoms. The van der Waals surface area contributed by atoms with E-state index < -0.39 is 11.7 Å². The van der Waals surface area contributed by atoms with Crippen LogP contribution < -0.4 is 10.1 Å². The number of aryl methyl sites for hydroxylation is 1. The molecule has 1 amide bonds. The Labute approximate surface area is 158 Å². The lowest BCUT2D eigenvalue weighted by molar-refractivity contribution is -0.137. The number of carbonyl (C=O) groups is 1. The van der Waals surface area contributed by atoms with Crippen molar-refractivity contribution in [1.82, 2.24) is 10.1 Å². The van der Waals surface area contributed by atoms with Gasteiger partial charge in [0.1, 0.15) is 5.75 Å². The lowest BCUT2D eigenvalue weighted by Gasteiger charge is -2.08. The van der Waals surface area contributed by atoms with E-state index >= 15 is 0 Å². The fourth-order valence-corrected chi connectivity index (χ4v) is 2.42. The number of alkyl halides is 3. The highest BCUT2D eigenvalue weighted by atomic mass is 19.4. The van der Waals surface area contributed by atoms with Crippen LogP contribution in [0.25, 0.3) is 11.4 Å². The third kappa shape index (κ3) is 4.87. The molecule has 9 heteroatoms. The van der Waals surface area contributed by atoms with Crippen molar-refractivity contribution in [3.8, 4) is 17.1 Å². The van der Waals surface area contributed by atoms with Gasteiger partial charge in [-0.1, -0.05) is 17.3 Å². The number of anilines is 1. The quantitative estimate of drug-likeness (QED) is 0.677. The van der Waals surface area contributed by atoms with E-state index in [1.54, 1.807) is 31.4 Å². The zero-order chi connectivity index (χ0) is 20.1. The maximum Gasteiger partial charge on any atom is 0.416 e. The van der Waals surface area contributed by atoms with Crippen LogP contribution in [0.15, 0.2) is 53.1 Å². The van der Waals surface area contributed by atoms with Crippen LogP contribution in [0.2, 0.25) is 0 Å². The second-order valence-corrected chi connectivity index (χ2v) is 5.87. The van der Waals surface area contributed by atoms with Crippen LogP contribution in [0.5, 0.6) is 5.75 Å². The number of ether oxygens (including phenoxy) is 1. The zero-order valence-electron chi connectivity index (χ0n) is 14.8. The largest absolute Gasteiger partial charge is 0.497 e. The third-order valence-electron chi connectivity index (χ3n) is 3.86. The van der Waals surface area contributed by atoms with Gasteiger partial charge < -0.3 is 14.6 Å².